The summed E-state index contributed by atoms with van der Waals surface area (Å²) in [4.78, 5) is 14.1. The van der Waals surface area contributed by atoms with Gasteiger partial charge in [0.25, 0.3) is 0 Å². The van der Waals surface area contributed by atoms with Crippen molar-refractivity contribution in [1.29, 1.82) is 0 Å². The molecule has 98 valence electrons. The Hall–Kier alpha value is -0.770. The van der Waals surface area contributed by atoms with E-state index in [2.05, 4.69) is 5.32 Å². The quantitative estimate of drug-likeness (QED) is 0.800. The molecule has 2 amide bonds. The minimum absolute atomic E-state index is 0.122. The van der Waals surface area contributed by atoms with Crippen molar-refractivity contribution in [3.63, 3.8) is 0 Å². The van der Waals surface area contributed by atoms with Gasteiger partial charge in [0.2, 0.25) is 0 Å². The number of amides is 2. The molecule has 1 N–H and O–H groups in total. The molecule has 0 heterocycles. The first-order valence-corrected chi connectivity index (χ1v) is 6.87. The first-order valence-electron chi connectivity index (χ1n) is 6.87. The van der Waals surface area contributed by atoms with Crippen LogP contribution in [0.1, 0.15) is 44.9 Å². The third kappa shape index (κ3) is 3.87. The van der Waals surface area contributed by atoms with E-state index in [0.29, 0.717) is 18.7 Å². The Morgan fingerprint density at radius 1 is 1.24 bits per heavy atom. The molecule has 0 saturated heterocycles. The molecule has 17 heavy (non-hydrogen) atoms. The molecular formula is C13H24N2O2. The third-order valence-electron chi connectivity index (χ3n) is 3.72. The fourth-order valence-corrected chi connectivity index (χ4v) is 2.53. The lowest BCUT2D eigenvalue weighted by molar-refractivity contribution is 0.143. The minimum Gasteiger partial charge on any atom is -0.383 e. The summed E-state index contributed by atoms with van der Waals surface area (Å²) in [6.45, 7) is 1.36. The van der Waals surface area contributed by atoms with Crippen LogP contribution in [0.5, 0.6) is 0 Å². The Morgan fingerprint density at radius 2 is 1.94 bits per heavy atom. The summed E-state index contributed by atoms with van der Waals surface area (Å²) >= 11 is 0. The van der Waals surface area contributed by atoms with Crippen LogP contribution in [0.3, 0.4) is 0 Å². The van der Waals surface area contributed by atoms with Crippen LogP contribution in [0.4, 0.5) is 4.79 Å². The van der Waals surface area contributed by atoms with Gasteiger partial charge in [-0.15, -0.1) is 0 Å². The van der Waals surface area contributed by atoms with Gasteiger partial charge in [0.1, 0.15) is 0 Å². The Kier molecular flexibility index (Phi) is 4.66. The topological polar surface area (TPSA) is 41.6 Å². The van der Waals surface area contributed by atoms with Crippen LogP contribution in [0.2, 0.25) is 0 Å². The molecule has 0 aliphatic heterocycles. The molecule has 0 radical (unpaired) electrons. The van der Waals surface area contributed by atoms with E-state index < -0.39 is 0 Å². The van der Waals surface area contributed by atoms with E-state index in [1.54, 1.807) is 7.11 Å². The normalized spacial score (nSPS) is 21.2. The smallest absolute Gasteiger partial charge is 0.317 e. The van der Waals surface area contributed by atoms with Crippen LogP contribution in [0.15, 0.2) is 0 Å². The molecule has 2 rings (SSSR count). The van der Waals surface area contributed by atoms with E-state index in [1.807, 2.05) is 4.90 Å². The van der Waals surface area contributed by atoms with Gasteiger partial charge in [-0.2, -0.15) is 0 Å². The predicted molar refractivity (Wildman–Crippen MR) is 67.0 cm³/mol. The fourth-order valence-electron chi connectivity index (χ4n) is 2.53. The predicted octanol–water partition coefficient (Wildman–Crippen LogP) is 2.14. The van der Waals surface area contributed by atoms with Crippen molar-refractivity contribution in [2.24, 2.45) is 0 Å². The second kappa shape index (κ2) is 6.24. The summed E-state index contributed by atoms with van der Waals surface area (Å²) in [6, 6.07) is 0.991. The average Bonchev–Trinajstić information content (AvgIpc) is 3.15. The minimum atomic E-state index is 0.122. The number of urea groups is 1. The number of nitrogens with one attached hydrogen (secondary N) is 1. The van der Waals surface area contributed by atoms with Gasteiger partial charge in [0.15, 0.2) is 0 Å². The third-order valence-corrected chi connectivity index (χ3v) is 3.72. The molecule has 2 fully saturated rings. The zero-order valence-electron chi connectivity index (χ0n) is 10.8. The summed E-state index contributed by atoms with van der Waals surface area (Å²) in [6.07, 6.45) is 8.44. The van der Waals surface area contributed by atoms with Crippen LogP contribution in [-0.4, -0.2) is 43.3 Å². The maximum atomic E-state index is 12.2. The maximum Gasteiger partial charge on any atom is 0.317 e. The summed E-state index contributed by atoms with van der Waals surface area (Å²) in [7, 11) is 1.68. The van der Waals surface area contributed by atoms with Crippen molar-refractivity contribution < 1.29 is 9.53 Å². The molecule has 0 atom stereocenters. The zero-order valence-corrected chi connectivity index (χ0v) is 10.8. The average molecular weight is 240 g/mol. The Labute approximate surface area is 104 Å². The van der Waals surface area contributed by atoms with Gasteiger partial charge in [-0.25, -0.2) is 4.79 Å². The number of carbonyl (C=O) groups is 1. The molecule has 2 saturated carbocycles. The van der Waals surface area contributed by atoms with E-state index in [9.17, 15) is 4.79 Å². The van der Waals surface area contributed by atoms with E-state index in [0.717, 1.165) is 32.2 Å². The van der Waals surface area contributed by atoms with Crippen molar-refractivity contribution in [2.45, 2.75) is 57.0 Å². The van der Waals surface area contributed by atoms with Crippen LogP contribution < -0.4 is 5.32 Å². The molecule has 4 nitrogen and oxygen atoms in total. The summed E-state index contributed by atoms with van der Waals surface area (Å²) in [5.74, 6) is 0. The van der Waals surface area contributed by atoms with Crippen molar-refractivity contribution in [1.82, 2.24) is 10.2 Å². The number of carbonyl (C=O) groups excluding carboxylic acids is 1. The Morgan fingerprint density at radius 3 is 2.53 bits per heavy atom. The van der Waals surface area contributed by atoms with Crippen molar-refractivity contribution >= 4 is 6.03 Å². The van der Waals surface area contributed by atoms with E-state index >= 15 is 0 Å². The molecule has 0 spiro atoms. The lowest BCUT2D eigenvalue weighted by Gasteiger charge is -2.28. The van der Waals surface area contributed by atoms with Gasteiger partial charge in [0, 0.05) is 25.7 Å². The molecule has 2 aliphatic rings. The van der Waals surface area contributed by atoms with Crippen molar-refractivity contribution in [3.8, 4) is 0 Å². The van der Waals surface area contributed by atoms with Crippen LogP contribution in [0, 0.1) is 0 Å². The molecule has 0 aromatic rings. The lowest BCUT2D eigenvalue weighted by atomic mass is 9.96. The molecule has 2 aliphatic carbocycles. The highest BCUT2D eigenvalue weighted by atomic mass is 16.5. The SMILES string of the molecule is COCCN(C(=O)NC1CCCCC1)C1CC1. The van der Waals surface area contributed by atoms with E-state index in [4.69, 9.17) is 4.74 Å². The summed E-state index contributed by atoms with van der Waals surface area (Å²) < 4.78 is 5.07. The fraction of sp³-hybridized carbons (Fsp3) is 0.923. The molecule has 0 bridgehead atoms. The molecule has 0 aromatic heterocycles. The number of methoxy groups -OCH3 is 1. The number of ether oxygens (including phenoxy) is 1. The standard InChI is InChI=1S/C13H24N2O2/c1-17-10-9-15(12-7-8-12)13(16)14-11-5-3-2-4-6-11/h11-12H,2-10H2,1H3,(H,14,16). The Bertz CT molecular complexity index is 248. The molecular weight excluding hydrogens is 216 g/mol. The van der Waals surface area contributed by atoms with E-state index in [-0.39, 0.29) is 6.03 Å². The second-order valence-electron chi connectivity index (χ2n) is 5.20. The number of nitrogens with zero attached hydrogens (tertiary/aromatic N) is 1. The van der Waals surface area contributed by atoms with Crippen LogP contribution in [-0.2, 0) is 4.74 Å². The van der Waals surface area contributed by atoms with Crippen LogP contribution >= 0.6 is 0 Å². The molecule has 4 heteroatoms. The number of hydrogen-bond donors (Lipinski definition) is 1. The first-order chi connectivity index (χ1) is 8.31. The van der Waals surface area contributed by atoms with Crippen molar-refractivity contribution in [2.75, 3.05) is 20.3 Å². The van der Waals surface area contributed by atoms with Gasteiger partial charge >= 0.3 is 6.03 Å². The molecule has 0 unspecified atom stereocenters. The first kappa shape index (κ1) is 12.7. The van der Waals surface area contributed by atoms with Gasteiger partial charge < -0.3 is 15.0 Å². The van der Waals surface area contributed by atoms with Gasteiger partial charge in [-0.05, 0) is 25.7 Å². The second-order valence-corrected chi connectivity index (χ2v) is 5.20. The lowest BCUT2D eigenvalue weighted by Crippen LogP contribution is -2.47. The van der Waals surface area contributed by atoms with Gasteiger partial charge in [0.05, 0.1) is 6.61 Å². The monoisotopic (exact) mass is 240 g/mol. The number of hydrogen-bond acceptors (Lipinski definition) is 2. The van der Waals surface area contributed by atoms with Crippen LogP contribution in [0.25, 0.3) is 0 Å². The number of rotatable bonds is 5. The Balaban J connectivity index is 1.78. The van der Waals surface area contributed by atoms with Gasteiger partial charge in [-0.1, -0.05) is 19.3 Å². The maximum absolute atomic E-state index is 12.2. The van der Waals surface area contributed by atoms with Crippen molar-refractivity contribution in [3.05, 3.63) is 0 Å². The largest absolute Gasteiger partial charge is 0.383 e. The highest BCUT2D eigenvalue weighted by molar-refractivity contribution is 5.75. The highest BCUT2D eigenvalue weighted by Gasteiger charge is 2.33. The zero-order chi connectivity index (χ0) is 12.1. The summed E-state index contributed by atoms with van der Waals surface area (Å²) in [5, 5.41) is 3.18. The molecule has 0 aromatic carbocycles. The summed E-state index contributed by atoms with van der Waals surface area (Å²) in [5.41, 5.74) is 0. The van der Waals surface area contributed by atoms with Gasteiger partial charge in [-0.3, -0.25) is 0 Å². The highest BCUT2D eigenvalue weighted by Crippen LogP contribution is 2.27. The van der Waals surface area contributed by atoms with E-state index in [1.165, 1.54) is 19.3 Å².